The number of nitrogens with zero attached hydrogens (tertiary/aromatic N) is 5. The molecule has 0 amide bonds. The summed E-state index contributed by atoms with van der Waals surface area (Å²) in [6.07, 6.45) is 7.21. The van der Waals surface area contributed by atoms with E-state index in [1.807, 2.05) is 37.6 Å². The Labute approximate surface area is 167 Å². The Kier molecular flexibility index (Phi) is 4.62. The third-order valence-corrected chi connectivity index (χ3v) is 4.63. The first-order valence-electron chi connectivity index (χ1n) is 9.28. The van der Waals surface area contributed by atoms with E-state index in [0.717, 1.165) is 5.56 Å². The Morgan fingerprint density at radius 3 is 2.52 bits per heavy atom. The summed E-state index contributed by atoms with van der Waals surface area (Å²) in [5, 5.41) is 5.26. The molecule has 0 atom stereocenters. The molecule has 0 saturated heterocycles. The number of hydrogen-bond donors (Lipinski definition) is 1. The molecular formula is C21H22N6O2. The van der Waals surface area contributed by atoms with Gasteiger partial charge in [-0.1, -0.05) is 0 Å². The Morgan fingerprint density at radius 1 is 1.10 bits per heavy atom. The van der Waals surface area contributed by atoms with Crippen molar-refractivity contribution < 1.29 is 4.74 Å². The van der Waals surface area contributed by atoms with Crippen LogP contribution in [0.1, 0.15) is 32.0 Å². The minimum absolute atomic E-state index is 0.233. The molecule has 0 bridgehead atoms. The lowest BCUT2D eigenvalue weighted by atomic mass is 10.1. The lowest BCUT2D eigenvalue weighted by Crippen LogP contribution is -2.24. The minimum Gasteiger partial charge on any atom is -0.494 e. The van der Waals surface area contributed by atoms with Gasteiger partial charge in [0.2, 0.25) is 0 Å². The Balaban J connectivity index is 1.96. The molecular weight excluding hydrogens is 368 g/mol. The van der Waals surface area contributed by atoms with E-state index in [2.05, 4.69) is 15.0 Å². The summed E-state index contributed by atoms with van der Waals surface area (Å²) < 4.78 is 7.19. The van der Waals surface area contributed by atoms with Gasteiger partial charge in [0.1, 0.15) is 17.0 Å². The monoisotopic (exact) mass is 390 g/mol. The van der Waals surface area contributed by atoms with E-state index in [-0.39, 0.29) is 11.1 Å². The fourth-order valence-corrected chi connectivity index (χ4v) is 3.24. The zero-order valence-corrected chi connectivity index (χ0v) is 16.8. The summed E-state index contributed by atoms with van der Waals surface area (Å²) in [5.74, 6) is 0.955. The average Bonchev–Trinajstić information content (AvgIpc) is 3.08. The molecule has 8 heteroatoms. The summed E-state index contributed by atoms with van der Waals surface area (Å²) >= 11 is 0. The fraction of sp³-hybridized carbons (Fsp3) is 0.286. The highest BCUT2D eigenvalue weighted by atomic mass is 16.5. The van der Waals surface area contributed by atoms with Crippen molar-refractivity contribution in [3.8, 4) is 17.1 Å². The molecule has 8 nitrogen and oxygen atoms in total. The molecule has 0 aromatic carbocycles. The quantitative estimate of drug-likeness (QED) is 0.575. The van der Waals surface area contributed by atoms with Crippen LogP contribution in [-0.2, 0) is 12.0 Å². The molecule has 0 aliphatic carbocycles. The number of aromatic amines is 1. The van der Waals surface area contributed by atoms with Crippen LogP contribution in [0, 0.1) is 0 Å². The number of hydrogen-bond acceptors (Lipinski definition) is 6. The lowest BCUT2D eigenvalue weighted by molar-refractivity contribution is 0.363. The van der Waals surface area contributed by atoms with Gasteiger partial charge in [0.25, 0.3) is 5.56 Å². The standard InChI is InChI=1S/C21H22N6O2/c1-21(2,3)27-19-17(15(26-27)11-13-5-8-22-9-6-13)20(28)25-18(24-19)14-7-10-23-12-16(14)29-4/h5-10,12H,11H2,1-4H3,(H,24,25,28). The molecule has 0 radical (unpaired) electrons. The number of ether oxygens (including phenoxy) is 1. The van der Waals surface area contributed by atoms with Gasteiger partial charge in [0, 0.05) is 25.0 Å². The topological polar surface area (TPSA) is 98.6 Å². The number of aromatic nitrogens is 6. The number of fused-ring (bicyclic) bond motifs is 1. The molecule has 4 rings (SSSR count). The van der Waals surface area contributed by atoms with Crippen molar-refractivity contribution >= 4 is 11.0 Å². The molecule has 4 aromatic heterocycles. The van der Waals surface area contributed by atoms with Crippen molar-refractivity contribution in [2.24, 2.45) is 0 Å². The van der Waals surface area contributed by atoms with Crippen LogP contribution in [-0.4, -0.2) is 36.8 Å². The van der Waals surface area contributed by atoms with Crippen LogP contribution in [0.4, 0.5) is 0 Å². The van der Waals surface area contributed by atoms with Crippen molar-refractivity contribution in [2.45, 2.75) is 32.7 Å². The van der Waals surface area contributed by atoms with Gasteiger partial charge in [-0.2, -0.15) is 5.10 Å². The molecule has 0 saturated carbocycles. The highest BCUT2D eigenvalue weighted by molar-refractivity contribution is 5.80. The molecule has 0 aliphatic heterocycles. The zero-order valence-electron chi connectivity index (χ0n) is 16.8. The van der Waals surface area contributed by atoms with Crippen LogP contribution in [0.2, 0.25) is 0 Å². The molecule has 4 heterocycles. The first-order chi connectivity index (χ1) is 13.9. The van der Waals surface area contributed by atoms with Crippen LogP contribution in [0.15, 0.2) is 47.8 Å². The number of methoxy groups -OCH3 is 1. The molecule has 148 valence electrons. The van der Waals surface area contributed by atoms with Gasteiger partial charge in [-0.25, -0.2) is 9.67 Å². The maximum atomic E-state index is 13.1. The van der Waals surface area contributed by atoms with E-state index in [4.69, 9.17) is 14.8 Å². The number of nitrogens with one attached hydrogen (secondary N) is 1. The Hall–Kier alpha value is -3.55. The molecule has 0 unspecified atom stereocenters. The van der Waals surface area contributed by atoms with Gasteiger partial charge < -0.3 is 9.72 Å². The smallest absolute Gasteiger partial charge is 0.262 e. The minimum atomic E-state index is -0.352. The van der Waals surface area contributed by atoms with Gasteiger partial charge in [-0.15, -0.1) is 0 Å². The van der Waals surface area contributed by atoms with Crippen molar-refractivity contribution in [1.29, 1.82) is 0 Å². The number of rotatable bonds is 4. The highest BCUT2D eigenvalue weighted by Crippen LogP contribution is 2.28. The molecule has 0 spiro atoms. The maximum absolute atomic E-state index is 13.1. The third-order valence-electron chi connectivity index (χ3n) is 4.63. The van der Waals surface area contributed by atoms with Gasteiger partial charge in [0.05, 0.1) is 30.1 Å². The third kappa shape index (κ3) is 3.49. The first-order valence-corrected chi connectivity index (χ1v) is 9.28. The van der Waals surface area contributed by atoms with Crippen LogP contribution >= 0.6 is 0 Å². The molecule has 0 fully saturated rings. The fourth-order valence-electron chi connectivity index (χ4n) is 3.24. The highest BCUT2D eigenvalue weighted by Gasteiger charge is 2.24. The van der Waals surface area contributed by atoms with E-state index >= 15 is 0 Å². The van der Waals surface area contributed by atoms with Gasteiger partial charge in [0.15, 0.2) is 5.65 Å². The van der Waals surface area contributed by atoms with Crippen molar-refractivity contribution in [2.75, 3.05) is 7.11 Å². The Bertz CT molecular complexity index is 1220. The Morgan fingerprint density at radius 2 is 1.83 bits per heavy atom. The average molecular weight is 390 g/mol. The van der Waals surface area contributed by atoms with Gasteiger partial charge >= 0.3 is 0 Å². The predicted molar refractivity (Wildman–Crippen MR) is 110 cm³/mol. The predicted octanol–water partition coefficient (Wildman–Crippen LogP) is 2.93. The van der Waals surface area contributed by atoms with Crippen molar-refractivity contribution in [1.82, 2.24) is 29.7 Å². The van der Waals surface area contributed by atoms with E-state index in [1.54, 1.807) is 38.0 Å². The van der Waals surface area contributed by atoms with Crippen LogP contribution in [0.3, 0.4) is 0 Å². The largest absolute Gasteiger partial charge is 0.494 e. The van der Waals surface area contributed by atoms with Crippen LogP contribution in [0.25, 0.3) is 22.4 Å². The van der Waals surface area contributed by atoms with Gasteiger partial charge in [-0.05, 0) is 44.5 Å². The molecule has 29 heavy (non-hydrogen) atoms. The van der Waals surface area contributed by atoms with E-state index in [1.165, 1.54) is 0 Å². The van der Waals surface area contributed by atoms with Crippen molar-refractivity contribution in [3.05, 3.63) is 64.6 Å². The second-order valence-electron chi connectivity index (χ2n) is 7.75. The van der Waals surface area contributed by atoms with Crippen LogP contribution in [0.5, 0.6) is 5.75 Å². The molecule has 1 N–H and O–H groups in total. The summed E-state index contributed by atoms with van der Waals surface area (Å²) in [6, 6.07) is 5.60. The van der Waals surface area contributed by atoms with Crippen molar-refractivity contribution in [3.63, 3.8) is 0 Å². The van der Waals surface area contributed by atoms with Gasteiger partial charge in [-0.3, -0.25) is 14.8 Å². The summed E-state index contributed by atoms with van der Waals surface area (Å²) in [6.45, 7) is 6.10. The number of H-pyrrole nitrogens is 1. The van der Waals surface area contributed by atoms with E-state index in [0.29, 0.717) is 40.3 Å². The number of pyridine rings is 2. The van der Waals surface area contributed by atoms with E-state index in [9.17, 15) is 4.79 Å². The summed E-state index contributed by atoms with van der Waals surface area (Å²) in [7, 11) is 1.56. The zero-order chi connectivity index (χ0) is 20.6. The molecule has 0 aliphatic rings. The first kappa shape index (κ1) is 18.8. The normalized spacial score (nSPS) is 11.7. The maximum Gasteiger partial charge on any atom is 0.262 e. The van der Waals surface area contributed by atoms with E-state index < -0.39 is 0 Å². The molecule has 4 aromatic rings. The van der Waals surface area contributed by atoms with Crippen LogP contribution < -0.4 is 10.3 Å². The summed E-state index contributed by atoms with van der Waals surface area (Å²) in [4.78, 5) is 28.9. The lowest BCUT2D eigenvalue weighted by Gasteiger charge is -2.20. The summed E-state index contributed by atoms with van der Waals surface area (Å²) in [5.41, 5.74) is 2.33. The second-order valence-corrected chi connectivity index (χ2v) is 7.75. The second kappa shape index (κ2) is 7.12. The SMILES string of the molecule is COc1cnccc1-c1nc2c(c(Cc3ccncc3)nn2C(C)(C)C)c(=O)[nH]1.